The van der Waals surface area contributed by atoms with Gasteiger partial charge in [0.25, 0.3) is 11.8 Å². The number of benzene rings is 1. The van der Waals surface area contributed by atoms with Crippen molar-refractivity contribution in [3.8, 4) is 22.6 Å². The largest absolute Gasteiger partial charge is 0.444 e. The molecule has 0 bridgehead atoms. The summed E-state index contributed by atoms with van der Waals surface area (Å²) in [5.74, 6) is -0.203. The minimum atomic E-state index is -0.683. The Morgan fingerprint density at radius 3 is 2.38 bits per heavy atom. The van der Waals surface area contributed by atoms with Crippen LogP contribution in [-0.2, 0) is 11.8 Å². The Morgan fingerprint density at radius 2 is 1.76 bits per heavy atom. The molecule has 3 heterocycles. The van der Waals surface area contributed by atoms with E-state index in [0.717, 1.165) is 11.1 Å². The molecule has 0 saturated carbocycles. The van der Waals surface area contributed by atoms with E-state index in [2.05, 4.69) is 30.9 Å². The van der Waals surface area contributed by atoms with Gasteiger partial charge >= 0.3 is 6.09 Å². The van der Waals surface area contributed by atoms with Crippen molar-refractivity contribution in [2.45, 2.75) is 26.4 Å². The second kappa shape index (κ2) is 9.14. The molecule has 0 saturated heterocycles. The number of amides is 2. The predicted molar refractivity (Wildman–Crippen MR) is 124 cm³/mol. The summed E-state index contributed by atoms with van der Waals surface area (Å²) < 4.78 is 12.1. The number of hydrogen-bond acceptors (Lipinski definition) is 8. The van der Waals surface area contributed by atoms with Crippen LogP contribution in [0.3, 0.4) is 0 Å². The summed E-state index contributed by atoms with van der Waals surface area (Å²) in [5, 5.41) is 13.2. The van der Waals surface area contributed by atoms with E-state index in [1.54, 1.807) is 68.2 Å². The van der Waals surface area contributed by atoms with Crippen LogP contribution in [-0.4, -0.2) is 42.5 Å². The molecule has 34 heavy (non-hydrogen) atoms. The summed E-state index contributed by atoms with van der Waals surface area (Å²) in [7, 11) is 1.82. The van der Waals surface area contributed by atoms with E-state index in [-0.39, 0.29) is 11.6 Å². The van der Waals surface area contributed by atoms with Crippen molar-refractivity contribution < 1.29 is 18.8 Å². The molecular weight excluding hydrogens is 438 g/mol. The normalized spacial score (nSPS) is 11.2. The molecule has 11 heteroatoms. The quantitative estimate of drug-likeness (QED) is 0.453. The van der Waals surface area contributed by atoms with E-state index in [1.807, 2.05) is 13.2 Å². The maximum absolute atomic E-state index is 12.9. The molecule has 0 radical (unpaired) electrons. The number of nitrogens with one attached hydrogen (secondary N) is 2. The lowest BCUT2D eigenvalue weighted by Gasteiger charge is -2.20. The average molecular weight is 461 g/mol. The summed E-state index contributed by atoms with van der Waals surface area (Å²) in [4.78, 5) is 33.6. The number of pyridine rings is 1. The van der Waals surface area contributed by atoms with Gasteiger partial charge in [0.05, 0.1) is 17.6 Å². The van der Waals surface area contributed by atoms with E-state index in [1.165, 1.54) is 6.33 Å². The Balaban J connectivity index is 1.58. The number of nitrogens with zero attached hydrogens (tertiary/aromatic N) is 5. The van der Waals surface area contributed by atoms with E-state index >= 15 is 0 Å². The molecule has 4 rings (SSSR count). The molecule has 2 N–H and O–H groups in total. The van der Waals surface area contributed by atoms with Gasteiger partial charge in [0, 0.05) is 36.1 Å². The van der Waals surface area contributed by atoms with Gasteiger partial charge in [-0.05, 0) is 45.0 Å². The van der Waals surface area contributed by atoms with E-state index in [9.17, 15) is 9.59 Å². The van der Waals surface area contributed by atoms with Crippen LogP contribution in [0.1, 0.15) is 31.3 Å². The van der Waals surface area contributed by atoms with Crippen molar-refractivity contribution in [2.75, 3.05) is 10.6 Å². The Morgan fingerprint density at radius 1 is 0.971 bits per heavy atom. The van der Waals surface area contributed by atoms with Crippen molar-refractivity contribution in [3.63, 3.8) is 0 Å². The molecule has 3 aromatic heterocycles. The zero-order valence-corrected chi connectivity index (χ0v) is 19.1. The van der Waals surface area contributed by atoms with Crippen LogP contribution < -0.4 is 10.6 Å². The van der Waals surface area contributed by atoms with Gasteiger partial charge in [-0.2, -0.15) is 10.1 Å². The minimum Gasteiger partial charge on any atom is -0.444 e. The first kappa shape index (κ1) is 22.6. The summed E-state index contributed by atoms with van der Waals surface area (Å²) >= 11 is 0. The first-order valence-corrected chi connectivity index (χ1v) is 10.4. The van der Waals surface area contributed by atoms with Gasteiger partial charge in [-0.1, -0.05) is 11.2 Å². The van der Waals surface area contributed by atoms with Crippen LogP contribution >= 0.6 is 0 Å². The molecule has 4 aromatic rings. The van der Waals surface area contributed by atoms with Gasteiger partial charge in [-0.3, -0.25) is 19.8 Å². The minimum absolute atomic E-state index is 0.194. The van der Waals surface area contributed by atoms with Gasteiger partial charge < -0.3 is 14.6 Å². The molecule has 11 nitrogen and oxygen atoms in total. The molecule has 0 unspecified atom stereocenters. The van der Waals surface area contributed by atoms with Crippen LogP contribution in [0.2, 0.25) is 0 Å². The molecule has 1 aromatic carbocycles. The highest BCUT2D eigenvalue weighted by molar-refractivity contribution is 6.06. The highest BCUT2D eigenvalue weighted by Crippen LogP contribution is 2.29. The molecule has 0 spiro atoms. The lowest BCUT2D eigenvalue weighted by Crippen LogP contribution is -2.27. The summed E-state index contributed by atoms with van der Waals surface area (Å²) in [6.45, 7) is 5.28. The number of anilines is 2. The number of hydrogen-bond donors (Lipinski definition) is 2. The molecule has 174 valence electrons. The molecular formula is C23H23N7O4. The smallest absolute Gasteiger partial charge is 0.412 e. The van der Waals surface area contributed by atoms with Crippen LogP contribution in [0.4, 0.5) is 16.2 Å². The standard InChI is InChI=1S/C23H23N7O4/c1-23(2,3)33-22(32)29-17-7-5-14(21-25-13-27-34-21)9-19(17)28-20(31)18-8-6-15(10-24-18)16-11-26-30(4)12-16/h5-13H,1-4H3,(H,28,31)(H,29,32). The van der Waals surface area contributed by atoms with Crippen LogP contribution in [0.25, 0.3) is 22.6 Å². The lowest BCUT2D eigenvalue weighted by atomic mass is 10.1. The van der Waals surface area contributed by atoms with E-state index in [0.29, 0.717) is 16.9 Å². The maximum atomic E-state index is 12.9. The van der Waals surface area contributed by atoms with Crippen molar-refractivity contribution in [1.82, 2.24) is 24.9 Å². The summed E-state index contributed by atoms with van der Waals surface area (Å²) in [6.07, 6.45) is 5.78. The van der Waals surface area contributed by atoms with Crippen molar-refractivity contribution in [3.05, 3.63) is 60.9 Å². The van der Waals surface area contributed by atoms with Crippen molar-refractivity contribution >= 4 is 23.4 Å². The highest BCUT2D eigenvalue weighted by atomic mass is 16.6. The Kier molecular flexibility index (Phi) is 6.09. The molecule has 0 fully saturated rings. The van der Waals surface area contributed by atoms with Crippen LogP contribution in [0.5, 0.6) is 0 Å². The zero-order valence-electron chi connectivity index (χ0n) is 19.1. The second-order valence-electron chi connectivity index (χ2n) is 8.42. The average Bonchev–Trinajstić information content (AvgIpc) is 3.46. The van der Waals surface area contributed by atoms with Gasteiger partial charge in [0.15, 0.2) is 6.33 Å². The fourth-order valence-electron chi connectivity index (χ4n) is 3.06. The number of ether oxygens (including phenoxy) is 1. The third-order valence-electron chi connectivity index (χ3n) is 4.55. The Bertz CT molecular complexity index is 1310. The Hall–Kier alpha value is -4.54. The van der Waals surface area contributed by atoms with Crippen LogP contribution in [0, 0.1) is 0 Å². The highest BCUT2D eigenvalue weighted by Gasteiger charge is 2.19. The molecule has 2 amide bonds. The first-order valence-electron chi connectivity index (χ1n) is 10.4. The third kappa shape index (κ3) is 5.44. The zero-order chi connectivity index (χ0) is 24.3. The van der Waals surface area contributed by atoms with Gasteiger partial charge in [0.2, 0.25) is 0 Å². The van der Waals surface area contributed by atoms with Crippen molar-refractivity contribution in [1.29, 1.82) is 0 Å². The van der Waals surface area contributed by atoms with Crippen molar-refractivity contribution in [2.24, 2.45) is 7.05 Å². The Labute approximate surface area is 195 Å². The van der Waals surface area contributed by atoms with E-state index in [4.69, 9.17) is 9.26 Å². The predicted octanol–water partition coefficient (Wildman–Crippen LogP) is 4.13. The van der Waals surface area contributed by atoms with Crippen LogP contribution in [0.15, 0.2) is 59.8 Å². The number of rotatable bonds is 5. The topological polar surface area (TPSA) is 137 Å². The number of aromatic nitrogens is 5. The SMILES string of the molecule is Cn1cc(-c2ccc(C(=O)Nc3cc(-c4ncno4)ccc3NC(=O)OC(C)(C)C)nc2)cn1. The first-order chi connectivity index (χ1) is 16.2. The fourth-order valence-corrected chi connectivity index (χ4v) is 3.06. The molecule has 0 aliphatic rings. The number of aryl methyl sites for hydroxylation is 1. The van der Waals surface area contributed by atoms with E-state index < -0.39 is 17.6 Å². The maximum Gasteiger partial charge on any atom is 0.412 e. The monoisotopic (exact) mass is 461 g/mol. The lowest BCUT2D eigenvalue weighted by molar-refractivity contribution is 0.0635. The molecule has 0 aliphatic carbocycles. The summed E-state index contributed by atoms with van der Waals surface area (Å²) in [5.41, 5.74) is 2.43. The van der Waals surface area contributed by atoms with Gasteiger partial charge in [-0.25, -0.2) is 4.79 Å². The fraction of sp³-hybridized carbons (Fsp3) is 0.217. The number of carbonyl (C=O) groups excluding carboxylic acids is 2. The second-order valence-corrected chi connectivity index (χ2v) is 8.42. The third-order valence-corrected chi connectivity index (χ3v) is 4.55. The molecule has 0 atom stereocenters. The summed E-state index contributed by atoms with van der Waals surface area (Å²) in [6, 6.07) is 8.30. The number of carbonyl (C=O) groups is 2. The van der Waals surface area contributed by atoms with Gasteiger partial charge in [-0.15, -0.1) is 0 Å². The molecule has 0 aliphatic heterocycles. The van der Waals surface area contributed by atoms with Gasteiger partial charge in [0.1, 0.15) is 11.3 Å².